The standard InChI is InChI=1S/C9H18N2O.C8H16N2O/c1-5-9(4)6-8(2,3)10-7(12)11-9;1-5-8(4)7(2,3)9-6(11)10-8/h5-6H2,1-4H3,(H2,10,11,12);5H2,1-4H3,(H2,9,10,11). The zero-order valence-corrected chi connectivity index (χ0v) is 15.9. The van der Waals surface area contributed by atoms with E-state index in [0.29, 0.717) is 0 Å². The molecule has 4 N–H and O–H groups in total. The Hall–Kier alpha value is -1.46. The summed E-state index contributed by atoms with van der Waals surface area (Å²) in [5.41, 5.74) is -0.359. The number of urea groups is 2. The Bertz CT molecular complexity index is 475. The molecule has 0 aliphatic carbocycles. The van der Waals surface area contributed by atoms with Crippen LogP contribution in [0.25, 0.3) is 0 Å². The molecule has 134 valence electrons. The Balaban J connectivity index is 0.000000231. The van der Waals surface area contributed by atoms with Crippen molar-refractivity contribution in [3.8, 4) is 0 Å². The monoisotopic (exact) mass is 326 g/mol. The quantitative estimate of drug-likeness (QED) is 0.629. The Kier molecular flexibility index (Phi) is 5.29. The number of amides is 4. The molecule has 23 heavy (non-hydrogen) atoms. The molecule has 6 heteroatoms. The van der Waals surface area contributed by atoms with Gasteiger partial charge in [0.05, 0.1) is 11.1 Å². The van der Waals surface area contributed by atoms with Crippen LogP contribution in [0.1, 0.15) is 74.7 Å². The molecule has 2 rings (SSSR count). The molecule has 2 aliphatic heterocycles. The third-order valence-electron chi connectivity index (χ3n) is 5.38. The van der Waals surface area contributed by atoms with E-state index in [0.717, 1.165) is 19.3 Å². The molecule has 2 atom stereocenters. The highest BCUT2D eigenvalue weighted by atomic mass is 16.2. The first kappa shape index (κ1) is 19.6. The maximum atomic E-state index is 11.2. The molecule has 0 aromatic heterocycles. The van der Waals surface area contributed by atoms with Crippen LogP contribution in [0.4, 0.5) is 9.59 Å². The molecule has 0 aromatic rings. The summed E-state index contributed by atoms with van der Waals surface area (Å²) in [6.45, 7) is 16.5. The highest BCUT2D eigenvalue weighted by Gasteiger charge is 2.47. The van der Waals surface area contributed by atoms with Crippen molar-refractivity contribution in [1.82, 2.24) is 21.3 Å². The molecule has 4 amide bonds. The predicted octanol–water partition coefficient (Wildman–Crippen LogP) is 2.88. The average molecular weight is 326 g/mol. The summed E-state index contributed by atoms with van der Waals surface area (Å²) in [5, 5.41) is 11.6. The third-order valence-corrected chi connectivity index (χ3v) is 5.38. The van der Waals surface area contributed by atoms with Gasteiger partial charge in [-0.05, 0) is 60.8 Å². The molecule has 0 saturated carbocycles. The number of carbonyl (C=O) groups excluding carboxylic acids is 2. The van der Waals surface area contributed by atoms with Gasteiger partial charge in [-0.25, -0.2) is 9.59 Å². The van der Waals surface area contributed by atoms with E-state index in [1.165, 1.54) is 0 Å². The highest BCUT2D eigenvalue weighted by molar-refractivity contribution is 5.79. The molecule has 6 nitrogen and oxygen atoms in total. The Morgan fingerprint density at radius 1 is 0.783 bits per heavy atom. The summed E-state index contributed by atoms with van der Waals surface area (Å²) in [6.07, 6.45) is 2.89. The minimum Gasteiger partial charge on any atom is -0.333 e. The molecule has 2 aliphatic rings. The van der Waals surface area contributed by atoms with E-state index < -0.39 is 0 Å². The maximum absolute atomic E-state index is 11.2. The van der Waals surface area contributed by atoms with Crippen LogP contribution in [0.3, 0.4) is 0 Å². The second-order valence-corrected chi connectivity index (χ2v) is 8.44. The normalized spacial score (nSPS) is 34.3. The molecular weight excluding hydrogens is 292 g/mol. The van der Waals surface area contributed by atoms with Gasteiger partial charge in [0.25, 0.3) is 0 Å². The van der Waals surface area contributed by atoms with Gasteiger partial charge in [0, 0.05) is 11.1 Å². The Morgan fingerprint density at radius 2 is 1.30 bits per heavy atom. The SMILES string of the molecule is CCC1(C)CC(C)(C)NC(=O)N1.CCC1(C)NC(=O)NC1(C)C. The molecule has 2 heterocycles. The van der Waals surface area contributed by atoms with Crippen molar-refractivity contribution >= 4 is 12.1 Å². The van der Waals surface area contributed by atoms with E-state index >= 15 is 0 Å². The fourth-order valence-corrected chi connectivity index (χ4v) is 3.28. The van der Waals surface area contributed by atoms with E-state index in [1.54, 1.807) is 0 Å². The first-order valence-electron chi connectivity index (χ1n) is 8.49. The fourth-order valence-electron chi connectivity index (χ4n) is 3.28. The van der Waals surface area contributed by atoms with Crippen molar-refractivity contribution in [3.63, 3.8) is 0 Å². The largest absolute Gasteiger partial charge is 0.333 e. The van der Waals surface area contributed by atoms with Gasteiger partial charge in [0.15, 0.2) is 0 Å². The summed E-state index contributed by atoms with van der Waals surface area (Å²) in [5.74, 6) is 0. The van der Waals surface area contributed by atoms with E-state index in [4.69, 9.17) is 0 Å². The van der Waals surface area contributed by atoms with E-state index in [2.05, 4.69) is 62.8 Å². The molecule has 2 saturated heterocycles. The van der Waals surface area contributed by atoms with Gasteiger partial charge in [-0.2, -0.15) is 0 Å². The number of rotatable bonds is 2. The zero-order valence-electron chi connectivity index (χ0n) is 15.9. The summed E-state index contributed by atoms with van der Waals surface area (Å²) < 4.78 is 0. The first-order valence-corrected chi connectivity index (χ1v) is 8.49. The lowest BCUT2D eigenvalue weighted by Crippen LogP contribution is -2.64. The van der Waals surface area contributed by atoms with Gasteiger partial charge < -0.3 is 21.3 Å². The summed E-state index contributed by atoms with van der Waals surface area (Å²) in [6, 6.07) is -0.102. The first-order chi connectivity index (χ1) is 10.3. The lowest BCUT2D eigenvalue weighted by molar-refractivity contribution is 0.167. The number of hydrogen-bond acceptors (Lipinski definition) is 2. The van der Waals surface area contributed by atoms with Crippen molar-refractivity contribution in [3.05, 3.63) is 0 Å². The van der Waals surface area contributed by atoms with Crippen LogP contribution < -0.4 is 21.3 Å². The minimum absolute atomic E-state index is 0.0359. The van der Waals surface area contributed by atoms with Crippen molar-refractivity contribution in [2.24, 2.45) is 0 Å². The smallest absolute Gasteiger partial charge is 0.315 e. The molecule has 2 unspecified atom stereocenters. The number of carbonyl (C=O) groups is 2. The molecule has 0 spiro atoms. The van der Waals surface area contributed by atoms with E-state index in [9.17, 15) is 9.59 Å². The van der Waals surface area contributed by atoms with Crippen LogP contribution in [-0.2, 0) is 0 Å². The van der Waals surface area contributed by atoms with E-state index in [1.807, 2.05) is 13.8 Å². The Labute approximate surface area is 140 Å². The van der Waals surface area contributed by atoms with Crippen LogP contribution in [0.15, 0.2) is 0 Å². The lowest BCUT2D eigenvalue weighted by Gasteiger charge is -2.43. The van der Waals surface area contributed by atoms with Crippen LogP contribution in [0, 0.1) is 0 Å². The van der Waals surface area contributed by atoms with Gasteiger partial charge in [0.1, 0.15) is 0 Å². The number of hydrogen-bond donors (Lipinski definition) is 4. The fraction of sp³-hybridized carbons (Fsp3) is 0.882. The third kappa shape index (κ3) is 4.52. The minimum atomic E-state index is -0.140. The van der Waals surface area contributed by atoms with Crippen molar-refractivity contribution in [2.45, 2.75) is 96.8 Å². The molecule has 0 radical (unpaired) electrons. The van der Waals surface area contributed by atoms with Crippen LogP contribution >= 0.6 is 0 Å². The van der Waals surface area contributed by atoms with Gasteiger partial charge >= 0.3 is 12.1 Å². The summed E-state index contributed by atoms with van der Waals surface area (Å²) >= 11 is 0. The number of nitrogens with one attached hydrogen (secondary N) is 4. The van der Waals surface area contributed by atoms with Gasteiger partial charge in [-0.15, -0.1) is 0 Å². The van der Waals surface area contributed by atoms with Crippen molar-refractivity contribution in [2.75, 3.05) is 0 Å². The average Bonchev–Trinajstić information content (AvgIpc) is 2.56. The topological polar surface area (TPSA) is 82.3 Å². The second kappa shape index (κ2) is 6.21. The van der Waals surface area contributed by atoms with E-state index in [-0.39, 0.29) is 34.2 Å². The Morgan fingerprint density at radius 3 is 1.61 bits per heavy atom. The van der Waals surface area contributed by atoms with Gasteiger partial charge in [-0.3, -0.25) is 0 Å². The lowest BCUT2D eigenvalue weighted by atomic mass is 9.81. The molecular formula is C17H34N4O2. The van der Waals surface area contributed by atoms with Crippen molar-refractivity contribution < 1.29 is 9.59 Å². The summed E-state index contributed by atoms with van der Waals surface area (Å²) in [4.78, 5) is 22.2. The molecule has 0 aromatic carbocycles. The van der Waals surface area contributed by atoms with Gasteiger partial charge in [0.2, 0.25) is 0 Å². The van der Waals surface area contributed by atoms with Gasteiger partial charge in [-0.1, -0.05) is 13.8 Å². The highest BCUT2D eigenvalue weighted by Crippen LogP contribution is 2.28. The second-order valence-electron chi connectivity index (χ2n) is 8.44. The zero-order chi connectivity index (χ0) is 18.1. The molecule has 0 bridgehead atoms. The summed E-state index contributed by atoms with van der Waals surface area (Å²) in [7, 11) is 0. The predicted molar refractivity (Wildman–Crippen MR) is 93.5 cm³/mol. The van der Waals surface area contributed by atoms with Crippen LogP contribution in [-0.4, -0.2) is 34.2 Å². The maximum Gasteiger partial charge on any atom is 0.315 e. The van der Waals surface area contributed by atoms with Crippen molar-refractivity contribution in [1.29, 1.82) is 0 Å². The molecule has 2 fully saturated rings. The van der Waals surface area contributed by atoms with Crippen LogP contribution in [0.5, 0.6) is 0 Å². The van der Waals surface area contributed by atoms with Crippen LogP contribution in [0.2, 0.25) is 0 Å².